The fraction of sp³-hybridized carbons (Fsp3) is 0.750. The molecule has 16 heavy (non-hydrogen) atoms. The molecule has 0 aromatic heterocycles. The highest BCUT2D eigenvalue weighted by Crippen LogP contribution is 2.03. The molecule has 0 aromatic rings. The van der Waals surface area contributed by atoms with E-state index in [1.807, 2.05) is 6.92 Å². The van der Waals surface area contributed by atoms with E-state index in [4.69, 9.17) is 35.3 Å². The average Bonchev–Trinajstić information content (AvgIpc) is 2.12. The minimum Gasteiger partial charge on any atom is -0.450 e. The number of hydrogen-bond donors (Lipinski definition) is 5. The summed E-state index contributed by atoms with van der Waals surface area (Å²) in [5.74, 6) is 0. The maximum absolute atomic E-state index is 8.56. The van der Waals surface area contributed by atoms with E-state index in [2.05, 4.69) is 11.8 Å². The minimum atomic E-state index is -1.83. The van der Waals surface area contributed by atoms with Gasteiger partial charge in [0.05, 0.1) is 6.10 Å². The molecule has 5 N–H and O–H groups in total. The third kappa shape index (κ3) is 54.9. The topological polar surface area (TPSA) is 145 Å². The SMILES string of the molecule is CCCC(CC)OO.O=C(O)O.O=C(O)O. The number of hydrogen-bond acceptors (Lipinski definition) is 4. The van der Waals surface area contributed by atoms with E-state index in [0.29, 0.717) is 0 Å². The van der Waals surface area contributed by atoms with Crippen molar-refractivity contribution < 1.29 is 40.2 Å². The van der Waals surface area contributed by atoms with Crippen LogP contribution >= 0.6 is 0 Å². The molecule has 0 aliphatic rings. The lowest BCUT2D eigenvalue weighted by atomic mass is 10.2. The second-order valence-electron chi connectivity index (χ2n) is 2.49. The number of carbonyl (C=O) groups is 2. The van der Waals surface area contributed by atoms with Gasteiger partial charge in [0, 0.05) is 0 Å². The van der Waals surface area contributed by atoms with Crippen LogP contribution in [0.15, 0.2) is 0 Å². The lowest BCUT2D eigenvalue weighted by Crippen LogP contribution is -2.07. The van der Waals surface area contributed by atoms with E-state index in [9.17, 15) is 0 Å². The lowest BCUT2D eigenvalue weighted by Gasteiger charge is -2.06. The Morgan fingerprint density at radius 3 is 1.44 bits per heavy atom. The second kappa shape index (κ2) is 15.9. The molecule has 8 nitrogen and oxygen atoms in total. The first-order chi connectivity index (χ1) is 7.31. The molecule has 1 unspecified atom stereocenters. The monoisotopic (exact) mass is 242 g/mol. The highest BCUT2D eigenvalue weighted by atomic mass is 17.1. The summed E-state index contributed by atoms with van der Waals surface area (Å²) in [6.45, 7) is 4.07. The molecule has 0 amide bonds. The Morgan fingerprint density at radius 1 is 1.06 bits per heavy atom. The van der Waals surface area contributed by atoms with E-state index in [1.165, 1.54) is 0 Å². The van der Waals surface area contributed by atoms with Gasteiger partial charge in [-0.05, 0) is 12.8 Å². The third-order valence-electron chi connectivity index (χ3n) is 1.22. The predicted octanol–water partition coefficient (Wildman–Crippen LogP) is 2.50. The molecule has 0 spiro atoms. The summed E-state index contributed by atoms with van der Waals surface area (Å²) in [5.41, 5.74) is 0. The highest BCUT2D eigenvalue weighted by Gasteiger charge is 2.01. The lowest BCUT2D eigenvalue weighted by molar-refractivity contribution is -0.280. The van der Waals surface area contributed by atoms with E-state index in [0.717, 1.165) is 19.3 Å². The molecular weight excluding hydrogens is 224 g/mol. The van der Waals surface area contributed by atoms with Gasteiger partial charge in [-0.2, -0.15) is 0 Å². The first-order valence-electron chi connectivity index (χ1n) is 4.45. The van der Waals surface area contributed by atoms with Crippen LogP contribution in [0.2, 0.25) is 0 Å². The van der Waals surface area contributed by atoms with Crippen molar-refractivity contribution in [1.82, 2.24) is 0 Å². The normalized spacial score (nSPS) is 9.94. The maximum atomic E-state index is 8.56. The average molecular weight is 242 g/mol. The molecule has 0 fully saturated rings. The fourth-order valence-electron chi connectivity index (χ4n) is 0.653. The molecule has 8 heteroatoms. The summed E-state index contributed by atoms with van der Waals surface area (Å²) in [6, 6.07) is 0. The molecule has 0 aromatic carbocycles. The van der Waals surface area contributed by atoms with Crippen LogP contribution in [0.1, 0.15) is 33.1 Å². The Balaban J connectivity index is -0.000000179. The van der Waals surface area contributed by atoms with Crippen LogP contribution in [-0.2, 0) is 4.89 Å². The van der Waals surface area contributed by atoms with E-state index in [1.54, 1.807) is 0 Å². The predicted molar refractivity (Wildman–Crippen MR) is 54.0 cm³/mol. The maximum Gasteiger partial charge on any atom is 0.503 e. The van der Waals surface area contributed by atoms with Crippen molar-refractivity contribution in [2.75, 3.05) is 0 Å². The molecule has 0 bridgehead atoms. The Labute approximate surface area is 92.6 Å². The molecule has 0 radical (unpaired) electrons. The van der Waals surface area contributed by atoms with Crippen molar-refractivity contribution in [3.8, 4) is 0 Å². The van der Waals surface area contributed by atoms with Gasteiger partial charge in [-0.25, -0.2) is 14.5 Å². The molecule has 0 rings (SSSR count). The summed E-state index contributed by atoms with van der Waals surface area (Å²) < 4.78 is 0. The van der Waals surface area contributed by atoms with Crippen LogP contribution in [0.5, 0.6) is 0 Å². The largest absolute Gasteiger partial charge is 0.503 e. The van der Waals surface area contributed by atoms with Crippen molar-refractivity contribution in [1.29, 1.82) is 0 Å². The Kier molecular flexibility index (Phi) is 19.8. The van der Waals surface area contributed by atoms with Crippen LogP contribution in [0, 0.1) is 0 Å². The van der Waals surface area contributed by atoms with Gasteiger partial charge in [0.15, 0.2) is 0 Å². The van der Waals surface area contributed by atoms with Gasteiger partial charge in [-0.1, -0.05) is 20.3 Å². The van der Waals surface area contributed by atoms with Gasteiger partial charge in [0.1, 0.15) is 0 Å². The number of carboxylic acid groups (broad SMARTS) is 4. The van der Waals surface area contributed by atoms with Crippen molar-refractivity contribution in [2.24, 2.45) is 0 Å². The molecule has 0 saturated heterocycles. The summed E-state index contributed by atoms with van der Waals surface area (Å²) in [6.07, 6.45) is -0.698. The van der Waals surface area contributed by atoms with Crippen molar-refractivity contribution >= 4 is 12.3 Å². The van der Waals surface area contributed by atoms with Crippen LogP contribution in [0.3, 0.4) is 0 Å². The van der Waals surface area contributed by atoms with Gasteiger partial charge < -0.3 is 20.4 Å². The van der Waals surface area contributed by atoms with Crippen LogP contribution in [0.25, 0.3) is 0 Å². The molecule has 0 aliphatic heterocycles. The molecule has 0 saturated carbocycles. The third-order valence-corrected chi connectivity index (χ3v) is 1.22. The Bertz CT molecular complexity index is 145. The molecule has 0 heterocycles. The summed E-state index contributed by atoms with van der Waals surface area (Å²) in [7, 11) is 0. The first kappa shape index (κ1) is 19.9. The van der Waals surface area contributed by atoms with E-state index >= 15 is 0 Å². The zero-order chi connectivity index (χ0) is 13.6. The highest BCUT2D eigenvalue weighted by molar-refractivity contribution is 5.53. The Morgan fingerprint density at radius 2 is 1.38 bits per heavy atom. The molecule has 0 aliphatic carbocycles. The van der Waals surface area contributed by atoms with Gasteiger partial charge >= 0.3 is 12.3 Å². The summed E-state index contributed by atoms with van der Waals surface area (Å²) in [5, 5.41) is 36.0. The van der Waals surface area contributed by atoms with Gasteiger partial charge in [0.2, 0.25) is 0 Å². The minimum absolute atomic E-state index is 0.0556. The fourth-order valence-corrected chi connectivity index (χ4v) is 0.653. The van der Waals surface area contributed by atoms with Gasteiger partial charge in [-0.15, -0.1) is 0 Å². The second-order valence-corrected chi connectivity index (χ2v) is 2.49. The standard InChI is InChI=1S/C6H14O2.2CH2O3/c1-3-5-6(4-2)8-7;2*2-1(3)4/h6-7H,3-5H2,1-2H3;2*(H2,2,3,4). The van der Waals surface area contributed by atoms with Crippen molar-refractivity contribution in [2.45, 2.75) is 39.2 Å². The Hall–Kier alpha value is -1.54. The van der Waals surface area contributed by atoms with Gasteiger partial charge in [-0.3, -0.25) is 5.26 Å². The van der Waals surface area contributed by atoms with E-state index in [-0.39, 0.29) is 6.10 Å². The molecule has 98 valence electrons. The summed E-state index contributed by atoms with van der Waals surface area (Å²) in [4.78, 5) is 21.3. The number of rotatable bonds is 4. The summed E-state index contributed by atoms with van der Waals surface area (Å²) >= 11 is 0. The molecule has 1 atom stereocenters. The van der Waals surface area contributed by atoms with Crippen molar-refractivity contribution in [3.63, 3.8) is 0 Å². The quantitative estimate of drug-likeness (QED) is 0.373. The van der Waals surface area contributed by atoms with E-state index < -0.39 is 12.3 Å². The van der Waals surface area contributed by atoms with Crippen LogP contribution in [-0.4, -0.2) is 44.1 Å². The molecular formula is C8H18O8. The van der Waals surface area contributed by atoms with Gasteiger partial charge in [0.25, 0.3) is 0 Å². The zero-order valence-corrected chi connectivity index (χ0v) is 9.16. The zero-order valence-electron chi connectivity index (χ0n) is 9.16. The van der Waals surface area contributed by atoms with Crippen LogP contribution < -0.4 is 0 Å². The first-order valence-corrected chi connectivity index (χ1v) is 4.45. The van der Waals surface area contributed by atoms with Crippen LogP contribution in [0.4, 0.5) is 9.59 Å². The smallest absolute Gasteiger partial charge is 0.450 e. The van der Waals surface area contributed by atoms with Crippen molar-refractivity contribution in [3.05, 3.63) is 0 Å².